The van der Waals surface area contributed by atoms with Gasteiger partial charge >= 0.3 is 0 Å². The van der Waals surface area contributed by atoms with Gasteiger partial charge in [0.1, 0.15) is 0 Å². The van der Waals surface area contributed by atoms with Crippen molar-refractivity contribution >= 4 is 17.5 Å². The predicted octanol–water partition coefficient (Wildman–Crippen LogP) is 4.22. The number of ketones is 1. The molecule has 0 aliphatic carbocycles. The van der Waals surface area contributed by atoms with E-state index in [0.717, 1.165) is 22.6 Å². The van der Waals surface area contributed by atoms with Crippen LogP contribution in [-0.2, 0) is 4.79 Å². The number of benzene rings is 1. The predicted molar refractivity (Wildman–Crippen MR) is 70.5 cm³/mol. The summed E-state index contributed by atoms with van der Waals surface area (Å²) in [7, 11) is 0. The monoisotopic (exact) mass is 232 g/mol. The molecule has 0 aliphatic rings. The van der Waals surface area contributed by atoms with Gasteiger partial charge in [-0.2, -0.15) is 0 Å². The van der Waals surface area contributed by atoms with E-state index in [-0.39, 0.29) is 5.78 Å². The Balaban J connectivity index is 2.68. The zero-order valence-electron chi connectivity index (χ0n) is 9.48. The minimum atomic E-state index is 0.123. The van der Waals surface area contributed by atoms with Crippen LogP contribution >= 0.6 is 11.8 Å². The molecule has 0 saturated heterocycles. The first-order valence-electron chi connectivity index (χ1n) is 5.29. The fourth-order valence-corrected chi connectivity index (χ4v) is 2.10. The summed E-state index contributed by atoms with van der Waals surface area (Å²) in [6.45, 7) is 5.27. The van der Waals surface area contributed by atoms with Gasteiger partial charge in [-0.1, -0.05) is 42.1 Å². The SMILES string of the molecule is C=CCC/C=C(\Sc1ccccc1)C(C)=O. The van der Waals surface area contributed by atoms with Gasteiger partial charge in [-0.05, 0) is 31.9 Å². The summed E-state index contributed by atoms with van der Waals surface area (Å²) in [5.41, 5.74) is 0. The largest absolute Gasteiger partial charge is 0.294 e. The Morgan fingerprint density at radius 3 is 2.56 bits per heavy atom. The highest BCUT2D eigenvalue weighted by Gasteiger charge is 2.05. The van der Waals surface area contributed by atoms with Crippen molar-refractivity contribution in [3.63, 3.8) is 0 Å². The van der Waals surface area contributed by atoms with Crippen LogP contribution in [0.3, 0.4) is 0 Å². The average Bonchev–Trinajstić information content (AvgIpc) is 2.29. The number of carbonyl (C=O) groups is 1. The Labute approximate surface area is 101 Å². The Morgan fingerprint density at radius 2 is 2.00 bits per heavy atom. The first kappa shape index (κ1) is 12.8. The average molecular weight is 232 g/mol. The third-order valence-electron chi connectivity index (χ3n) is 2.02. The Kier molecular flexibility index (Phi) is 5.65. The number of hydrogen-bond donors (Lipinski definition) is 0. The maximum atomic E-state index is 11.4. The maximum absolute atomic E-state index is 11.4. The molecule has 0 heterocycles. The van der Waals surface area contributed by atoms with E-state index in [1.165, 1.54) is 11.8 Å². The van der Waals surface area contributed by atoms with Crippen LogP contribution in [0.2, 0.25) is 0 Å². The highest BCUT2D eigenvalue weighted by atomic mass is 32.2. The second-order valence-corrected chi connectivity index (χ2v) is 4.52. The highest BCUT2D eigenvalue weighted by molar-refractivity contribution is 8.04. The zero-order valence-corrected chi connectivity index (χ0v) is 10.3. The van der Waals surface area contributed by atoms with Gasteiger partial charge in [0, 0.05) is 4.90 Å². The number of rotatable bonds is 6. The summed E-state index contributed by atoms with van der Waals surface area (Å²) in [6.07, 6.45) is 5.63. The van der Waals surface area contributed by atoms with Gasteiger partial charge in [0.15, 0.2) is 5.78 Å². The Morgan fingerprint density at radius 1 is 1.31 bits per heavy atom. The van der Waals surface area contributed by atoms with Gasteiger partial charge in [0.05, 0.1) is 4.91 Å². The van der Waals surface area contributed by atoms with Crippen molar-refractivity contribution in [2.24, 2.45) is 0 Å². The van der Waals surface area contributed by atoms with Crippen molar-refractivity contribution in [3.05, 3.63) is 54.0 Å². The van der Waals surface area contributed by atoms with Crippen LogP contribution in [0.4, 0.5) is 0 Å². The van der Waals surface area contributed by atoms with Crippen molar-refractivity contribution in [2.45, 2.75) is 24.7 Å². The van der Waals surface area contributed by atoms with Gasteiger partial charge in [-0.25, -0.2) is 0 Å². The van der Waals surface area contributed by atoms with Crippen LogP contribution in [0.1, 0.15) is 19.8 Å². The molecule has 0 aliphatic heterocycles. The summed E-state index contributed by atoms with van der Waals surface area (Å²) >= 11 is 1.52. The van der Waals surface area contributed by atoms with E-state index in [1.807, 2.05) is 42.5 Å². The standard InChI is InChI=1S/C14H16OS/c1-3-4-6-11-14(12(2)15)16-13-9-7-5-8-10-13/h3,5,7-11H,1,4,6H2,2H3/b14-11-. The molecule has 0 unspecified atom stereocenters. The van der Waals surface area contributed by atoms with E-state index in [2.05, 4.69) is 6.58 Å². The molecule has 1 rings (SSSR count). The maximum Gasteiger partial charge on any atom is 0.166 e. The molecule has 1 nitrogen and oxygen atoms in total. The molecule has 0 amide bonds. The molecule has 84 valence electrons. The van der Waals surface area contributed by atoms with E-state index < -0.39 is 0 Å². The zero-order chi connectivity index (χ0) is 11.8. The molecule has 0 saturated carbocycles. The van der Waals surface area contributed by atoms with Gasteiger partial charge in [0.2, 0.25) is 0 Å². The topological polar surface area (TPSA) is 17.1 Å². The summed E-state index contributed by atoms with van der Waals surface area (Å²) in [5.74, 6) is 0.123. The molecule has 1 aromatic rings. The second-order valence-electron chi connectivity index (χ2n) is 3.41. The van der Waals surface area contributed by atoms with Crippen LogP contribution in [0.5, 0.6) is 0 Å². The minimum Gasteiger partial charge on any atom is -0.294 e. The lowest BCUT2D eigenvalue weighted by molar-refractivity contribution is -0.112. The summed E-state index contributed by atoms with van der Waals surface area (Å²) in [6, 6.07) is 9.94. The van der Waals surface area contributed by atoms with Crippen molar-refractivity contribution < 1.29 is 4.79 Å². The number of unbranched alkanes of at least 4 members (excludes halogenated alkanes) is 1. The van der Waals surface area contributed by atoms with Crippen molar-refractivity contribution in [1.29, 1.82) is 0 Å². The van der Waals surface area contributed by atoms with Crippen LogP contribution in [-0.4, -0.2) is 5.78 Å². The lowest BCUT2D eigenvalue weighted by Crippen LogP contribution is -1.92. The normalized spacial score (nSPS) is 11.2. The summed E-state index contributed by atoms with van der Waals surface area (Å²) in [4.78, 5) is 13.3. The van der Waals surface area contributed by atoms with Gasteiger partial charge in [-0.3, -0.25) is 4.79 Å². The number of hydrogen-bond acceptors (Lipinski definition) is 2. The van der Waals surface area contributed by atoms with Crippen LogP contribution in [0.15, 0.2) is 58.9 Å². The first-order chi connectivity index (χ1) is 7.74. The molecule has 2 heteroatoms. The first-order valence-corrected chi connectivity index (χ1v) is 6.10. The molecule has 0 N–H and O–H groups in total. The van der Waals surface area contributed by atoms with Crippen LogP contribution in [0.25, 0.3) is 0 Å². The third kappa shape index (κ3) is 4.49. The lowest BCUT2D eigenvalue weighted by atomic mass is 10.2. The van der Waals surface area contributed by atoms with Crippen molar-refractivity contribution in [2.75, 3.05) is 0 Å². The van der Waals surface area contributed by atoms with E-state index in [1.54, 1.807) is 6.92 Å². The fourth-order valence-electron chi connectivity index (χ4n) is 1.21. The van der Waals surface area contributed by atoms with E-state index in [9.17, 15) is 4.79 Å². The number of thioether (sulfide) groups is 1. The number of carbonyl (C=O) groups excluding carboxylic acids is 1. The Hall–Kier alpha value is -1.28. The van der Waals surface area contributed by atoms with Crippen molar-refractivity contribution in [3.8, 4) is 0 Å². The molecule has 16 heavy (non-hydrogen) atoms. The van der Waals surface area contributed by atoms with Crippen LogP contribution in [0, 0.1) is 0 Å². The van der Waals surface area contributed by atoms with Crippen LogP contribution < -0.4 is 0 Å². The minimum absolute atomic E-state index is 0.123. The summed E-state index contributed by atoms with van der Waals surface area (Å²) in [5, 5.41) is 0. The molecule has 1 aromatic carbocycles. The quantitative estimate of drug-likeness (QED) is 0.316. The van der Waals surface area contributed by atoms with E-state index in [4.69, 9.17) is 0 Å². The number of Topliss-reactive ketones (excluding diaryl/α,β-unsaturated/α-hetero) is 1. The Bertz CT molecular complexity index is 379. The summed E-state index contributed by atoms with van der Waals surface area (Å²) < 4.78 is 0. The van der Waals surface area contributed by atoms with Gasteiger partial charge in [-0.15, -0.1) is 6.58 Å². The molecule has 0 atom stereocenters. The molecular formula is C14H16OS. The smallest absolute Gasteiger partial charge is 0.166 e. The molecule has 0 spiro atoms. The lowest BCUT2D eigenvalue weighted by Gasteiger charge is -2.03. The van der Waals surface area contributed by atoms with Crippen molar-refractivity contribution in [1.82, 2.24) is 0 Å². The van der Waals surface area contributed by atoms with E-state index in [0.29, 0.717) is 0 Å². The van der Waals surface area contributed by atoms with Gasteiger partial charge in [0.25, 0.3) is 0 Å². The third-order valence-corrected chi connectivity index (χ3v) is 3.20. The molecule has 0 bridgehead atoms. The fraction of sp³-hybridized carbons (Fsp3) is 0.214. The number of allylic oxidation sites excluding steroid dienone is 3. The van der Waals surface area contributed by atoms with E-state index >= 15 is 0 Å². The highest BCUT2D eigenvalue weighted by Crippen LogP contribution is 2.27. The molecule has 0 aromatic heterocycles. The molecule has 0 radical (unpaired) electrons. The van der Waals surface area contributed by atoms with Gasteiger partial charge < -0.3 is 0 Å². The molecule has 0 fully saturated rings. The molecular weight excluding hydrogens is 216 g/mol. The second kappa shape index (κ2) is 7.07.